The highest BCUT2D eigenvalue weighted by Crippen LogP contribution is 2.07. The SMILES string of the molecule is CCNC(=NCCCc1ccccc1)NCCCS(=O)(=O)Cc1ccccc1.I. The fourth-order valence-corrected chi connectivity index (χ4v) is 4.29. The van der Waals surface area contributed by atoms with Crippen molar-refractivity contribution in [2.75, 3.05) is 25.4 Å². The Hall–Kier alpha value is -1.61. The zero-order valence-electron chi connectivity index (χ0n) is 17.0. The number of guanidine groups is 1. The number of nitrogens with one attached hydrogen (secondary N) is 2. The molecule has 2 aromatic rings. The summed E-state index contributed by atoms with van der Waals surface area (Å²) in [5.41, 5.74) is 2.16. The van der Waals surface area contributed by atoms with Crippen LogP contribution in [0.3, 0.4) is 0 Å². The molecule has 0 aliphatic rings. The molecule has 160 valence electrons. The van der Waals surface area contributed by atoms with Gasteiger partial charge in [-0.1, -0.05) is 60.7 Å². The van der Waals surface area contributed by atoms with Gasteiger partial charge in [-0.3, -0.25) is 4.99 Å². The zero-order chi connectivity index (χ0) is 20.1. The maximum Gasteiger partial charge on any atom is 0.191 e. The molecule has 0 heterocycles. The first-order chi connectivity index (χ1) is 13.6. The summed E-state index contributed by atoms with van der Waals surface area (Å²) >= 11 is 0. The molecule has 0 amide bonds. The molecule has 29 heavy (non-hydrogen) atoms. The van der Waals surface area contributed by atoms with Gasteiger partial charge in [-0.25, -0.2) is 8.42 Å². The zero-order valence-corrected chi connectivity index (χ0v) is 20.2. The standard InChI is InChI=1S/C22H31N3O2S.HI/c1-2-23-22(24-16-9-15-20-11-5-3-6-12-20)25-17-10-18-28(26,27)19-21-13-7-4-8-14-21;/h3-8,11-14H,2,9-10,15-19H2,1H3,(H2,23,24,25);1H. The second-order valence-electron chi connectivity index (χ2n) is 6.71. The van der Waals surface area contributed by atoms with Gasteiger partial charge in [-0.05, 0) is 37.3 Å². The minimum atomic E-state index is -3.10. The van der Waals surface area contributed by atoms with Crippen LogP contribution in [0.15, 0.2) is 65.7 Å². The lowest BCUT2D eigenvalue weighted by molar-refractivity contribution is 0.591. The van der Waals surface area contributed by atoms with Crippen LogP contribution in [-0.2, 0) is 22.0 Å². The molecule has 2 aromatic carbocycles. The number of aryl methyl sites for hydroxylation is 1. The largest absolute Gasteiger partial charge is 0.357 e. The molecular formula is C22H32IN3O2S. The van der Waals surface area contributed by atoms with Gasteiger partial charge in [0.15, 0.2) is 15.8 Å². The van der Waals surface area contributed by atoms with Crippen molar-refractivity contribution >= 4 is 39.8 Å². The number of rotatable bonds is 11. The molecule has 0 aliphatic heterocycles. The highest BCUT2D eigenvalue weighted by molar-refractivity contribution is 14.0. The van der Waals surface area contributed by atoms with Crippen molar-refractivity contribution in [2.24, 2.45) is 4.99 Å². The van der Waals surface area contributed by atoms with Crippen LogP contribution in [0.1, 0.15) is 30.9 Å². The molecule has 7 heteroatoms. The first-order valence-electron chi connectivity index (χ1n) is 9.89. The third-order valence-electron chi connectivity index (χ3n) is 4.23. The van der Waals surface area contributed by atoms with Crippen molar-refractivity contribution in [2.45, 2.75) is 31.9 Å². The fraction of sp³-hybridized carbons (Fsp3) is 0.409. The lowest BCUT2D eigenvalue weighted by Gasteiger charge is -2.11. The summed E-state index contributed by atoms with van der Waals surface area (Å²) < 4.78 is 24.5. The van der Waals surface area contributed by atoms with Gasteiger partial charge in [-0.15, -0.1) is 24.0 Å². The molecule has 0 bridgehead atoms. The molecule has 0 radical (unpaired) electrons. The quantitative estimate of drug-likeness (QED) is 0.201. The fourth-order valence-electron chi connectivity index (χ4n) is 2.86. The summed E-state index contributed by atoms with van der Waals surface area (Å²) in [5, 5.41) is 6.44. The number of nitrogens with zero attached hydrogens (tertiary/aromatic N) is 1. The highest BCUT2D eigenvalue weighted by atomic mass is 127. The van der Waals surface area contributed by atoms with E-state index < -0.39 is 9.84 Å². The van der Waals surface area contributed by atoms with E-state index in [1.54, 1.807) is 0 Å². The molecule has 0 fully saturated rings. The second-order valence-corrected chi connectivity index (χ2v) is 8.89. The van der Waals surface area contributed by atoms with Gasteiger partial charge in [0.2, 0.25) is 0 Å². The van der Waals surface area contributed by atoms with E-state index >= 15 is 0 Å². The maximum absolute atomic E-state index is 12.2. The van der Waals surface area contributed by atoms with Gasteiger partial charge in [0.1, 0.15) is 0 Å². The third-order valence-corrected chi connectivity index (χ3v) is 5.92. The van der Waals surface area contributed by atoms with Crippen molar-refractivity contribution < 1.29 is 8.42 Å². The van der Waals surface area contributed by atoms with Crippen LogP contribution in [0.5, 0.6) is 0 Å². The van der Waals surface area contributed by atoms with Gasteiger partial charge in [-0.2, -0.15) is 0 Å². The van der Waals surface area contributed by atoms with E-state index in [0.29, 0.717) is 13.0 Å². The second kappa shape index (κ2) is 14.4. The number of hydrogen-bond acceptors (Lipinski definition) is 3. The third kappa shape index (κ3) is 11.2. The predicted molar refractivity (Wildman–Crippen MR) is 133 cm³/mol. The molecule has 0 saturated carbocycles. The minimum absolute atomic E-state index is 0. The lowest BCUT2D eigenvalue weighted by atomic mass is 10.1. The first kappa shape index (κ1) is 25.4. The van der Waals surface area contributed by atoms with E-state index in [0.717, 1.165) is 37.5 Å². The average molecular weight is 529 g/mol. The Morgan fingerprint density at radius 2 is 1.52 bits per heavy atom. The molecule has 5 nitrogen and oxygen atoms in total. The Labute approximate surface area is 192 Å². The van der Waals surface area contributed by atoms with Crippen molar-refractivity contribution in [3.05, 3.63) is 71.8 Å². The monoisotopic (exact) mass is 529 g/mol. The number of benzene rings is 2. The summed E-state index contributed by atoms with van der Waals surface area (Å²) in [6.45, 7) is 4.11. The maximum atomic E-state index is 12.2. The molecule has 0 unspecified atom stereocenters. The van der Waals surface area contributed by atoms with Gasteiger partial charge in [0.25, 0.3) is 0 Å². The van der Waals surface area contributed by atoms with Crippen molar-refractivity contribution in [3.8, 4) is 0 Å². The minimum Gasteiger partial charge on any atom is -0.357 e. The first-order valence-corrected chi connectivity index (χ1v) is 11.7. The Bertz CT molecular complexity index is 812. The smallest absolute Gasteiger partial charge is 0.191 e. The summed E-state index contributed by atoms with van der Waals surface area (Å²) in [5.74, 6) is 1.01. The van der Waals surface area contributed by atoms with E-state index in [4.69, 9.17) is 0 Å². The Morgan fingerprint density at radius 1 is 0.897 bits per heavy atom. The van der Waals surface area contributed by atoms with Crippen LogP contribution in [0, 0.1) is 0 Å². The lowest BCUT2D eigenvalue weighted by Crippen LogP contribution is -2.38. The molecule has 0 atom stereocenters. The molecule has 0 spiro atoms. The number of sulfone groups is 1. The van der Waals surface area contributed by atoms with Crippen molar-refractivity contribution in [3.63, 3.8) is 0 Å². The molecule has 2 N–H and O–H groups in total. The molecule has 2 rings (SSSR count). The summed E-state index contributed by atoms with van der Waals surface area (Å²) in [6, 6.07) is 19.7. The van der Waals surface area contributed by atoms with Crippen LogP contribution in [-0.4, -0.2) is 39.8 Å². The van der Waals surface area contributed by atoms with Crippen LogP contribution < -0.4 is 10.6 Å². The molecule has 0 saturated heterocycles. The van der Waals surface area contributed by atoms with Crippen LogP contribution in [0.4, 0.5) is 0 Å². The Kier molecular flexibility index (Phi) is 12.6. The van der Waals surface area contributed by atoms with Gasteiger partial charge in [0, 0.05) is 19.6 Å². The summed E-state index contributed by atoms with van der Waals surface area (Å²) in [4.78, 5) is 4.58. The van der Waals surface area contributed by atoms with E-state index in [1.165, 1.54) is 5.56 Å². The van der Waals surface area contributed by atoms with Gasteiger partial charge in [0.05, 0.1) is 11.5 Å². The van der Waals surface area contributed by atoms with E-state index in [-0.39, 0.29) is 35.5 Å². The van der Waals surface area contributed by atoms with Crippen LogP contribution in [0.2, 0.25) is 0 Å². The van der Waals surface area contributed by atoms with Crippen LogP contribution in [0.25, 0.3) is 0 Å². The number of hydrogen-bond donors (Lipinski definition) is 2. The Morgan fingerprint density at radius 3 is 2.14 bits per heavy atom. The topological polar surface area (TPSA) is 70.6 Å². The molecule has 0 aliphatic carbocycles. The number of aliphatic imine (C=N–C) groups is 1. The number of halogens is 1. The van der Waals surface area contributed by atoms with Gasteiger partial charge < -0.3 is 10.6 Å². The van der Waals surface area contributed by atoms with Crippen LogP contribution >= 0.6 is 24.0 Å². The highest BCUT2D eigenvalue weighted by Gasteiger charge is 2.11. The summed E-state index contributed by atoms with van der Waals surface area (Å²) in [7, 11) is -3.10. The van der Waals surface area contributed by atoms with Crippen molar-refractivity contribution in [1.29, 1.82) is 0 Å². The Balaban J connectivity index is 0.00000420. The van der Waals surface area contributed by atoms with Crippen molar-refractivity contribution in [1.82, 2.24) is 10.6 Å². The molecular weight excluding hydrogens is 497 g/mol. The van der Waals surface area contributed by atoms with Gasteiger partial charge >= 0.3 is 0 Å². The van der Waals surface area contributed by atoms with E-state index in [9.17, 15) is 8.42 Å². The average Bonchev–Trinajstić information content (AvgIpc) is 2.69. The normalized spacial score (nSPS) is 11.6. The van der Waals surface area contributed by atoms with E-state index in [1.807, 2.05) is 43.3 Å². The predicted octanol–water partition coefficient (Wildman–Crippen LogP) is 3.80. The van der Waals surface area contributed by atoms with E-state index in [2.05, 4.69) is 39.9 Å². The summed E-state index contributed by atoms with van der Waals surface area (Å²) in [6.07, 6.45) is 2.54. The molecule has 0 aromatic heterocycles.